The molecule has 2 aromatic heterocycles. The van der Waals surface area contributed by atoms with E-state index in [1.807, 2.05) is 38.1 Å². The van der Waals surface area contributed by atoms with E-state index in [9.17, 15) is 10.5 Å². The predicted molar refractivity (Wildman–Crippen MR) is 74.2 cm³/mol. The van der Waals surface area contributed by atoms with E-state index in [-0.39, 0.29) is 5.57 Å². The molecule has 0 N–H and O–H groups in total. The first-order valence-electron chi connectivity index (χ1n) is 6.14. The summed E-state index contributed by atoms with van der Waals surface area (Å²) in [6.45, 7) is 3.87. The zero-order valence-electron chi connectivity index (χ0n) is 11.1. The number of hydrogen-bond donors (Lipinski definition) is 0. The molecule has 20 heavy (non-hydrogen) atoms. The summed E-state index contributed by atoms with van der Waals surface area (Å²) < 4.78 is 0. The van der Waals surface area contributed by atoms with Crippen LogP contribution in [0.3, 0.4) is 0 Å². The Kier molecular flexibility index (Phi) is 2.59. The second-order valence-electron chi connectivity index (χ2n) is 4.79. The van der Waals surface area contributed by atoms with Crippen LogP contribution in [0.5, 0.6) is 0 Å². The maximum Gasteiger partial charge on any atom is 0.138 e. The highest BCUT2D eigenvalue weighted by Crippen LogP contribution is 2.43. The van der Waals surface area contributed by atoms with Gasteiger partial charge < -0.3 is 0 Å². The average Bonchev–Trinajstić information content (AvgIpc) is 2.74. The lowest BCUT2D eigenvalue weighted by molar-refractivity contribution is 1.21. The maximum atomic E-state index is 9.21. The van der Waals surface area contributed by atoms with E-state index < -0.39 is 0 Å². The van der Waals surface area contributed by atoms with Gasteiger partial charge in [-0.05, 0) is 37.1 Å². The molecule has 0 spiro atoms. The van der Waals surface area contributed by atoms with Crippen molar-refractivity contribution in [2.24, 2.45) is 0 Å². The summed E-state index contributed by atoms with van der Waals surface area (Å²) in [6.07, 6.45) is 3.54. The number of pyridine rings is 2. The maximum absolute atomic E-state index is 9.21. The van der Waals surface area contributed by atoms with Gasteiger partial charge in [-0.2, -0.15) is 10.5 Å². The van der Waals surface area contributed by atoms with Gasteiger partial charge in [-0.3, -0.25) is 9.97 Å². The highest BCUT2D eigenvalue weighted by Gasteiger charge is 2.29. The minimum atomic E-state index is 0.102. The van der Waals surface area contributed by atoms with Crippen molar-refractivity contribution >= 4 is 5.57 Å². The SMILES string of the molecule is Cc1cnc2c(c1)C(=C(C#N)C#N)c1cc(C)cnc1-2. The standard InChI is InChI=1S/C16H10N4/c1-9-3-12-14(11(5-17)6-18)13-4-10(2)8-20-16(13)15(12)19-7-9/h3-4,7-8H,1-2H3. The molecule has 3 rings (SSSR count). The van der Waals surface area contributed by atoms with Gasteiger partial charge in [0, 0.05) is 29.1 Å². The van der Waals surface area contributed by atoms with E-state index in [0.29, 0.717) is 5.57 Å². The van der Waals surface area contributed by atoms with Crippen molar-refractivity contribution in [1.29, 1.82) is 10.5 Å². The van der Waals surface area contributed by atoms with Gasteiger partial charge >= 0.3 is 0 Å². The van der Waals surface area contributed by atoms with Crippen LogP contribution in [0.4, 0.5) is 0 Å². The summed E-state index contributed by atoms with van der Waals surface area (Å²) in [4.78, 5) is 8.83. The van der Waals surface area contributed by atoms with E-state index in [1.165, 1.54) is 0 Å². The molecule has 4 heteroatoms. The molecule has 1 aliphatic carbocycles. The first-order valence-corrected chi connectivity index (χ1v) is 6.14. The Balaban J connectivity index is 2.47. The van der Waals surface area contributed by atoms with Crippen LogP contribution in [0, 0.1) is 36.5 Å². The van der Waals surface area contributed by atoms with Crippen LogP contribution in [-0.4, -0.2) is 9.97 Å². The largest absolute Gasteiger partial charge is 0.254 e. The van der Waals surface area contributed by atoms with Crippen molar-refractivity contribution in [1.82, 2.24) is 9.97 Å². The second-order valence-corrected chi connectivity index (χ2v) is 4.79. The van der Waals surface area contributed by atoms with E-state index in [1.54, 1.807) is 12.4 Å². The summed E-state index contributed by atoms with van der Waals surface area (Å²) in [5.74, 6) is 0. The van der Waals surface area contributed by atoms with Gasteiger partial charge in [0.15, 0.2) is 0 Å². The minimum Gasteiger partial charge on any atom is -0.254 e. The van der Waals surface area contributed by atoms with Crippen molar-refractivity contribution in [3.8, 4) is 23.5 Å². The van der Waals surface area contributed by atoms with Gasteiger partial charge in [0.1, 0.15) is 17.7 Å². The number of rotatable bonds is 0. The van der Waals surface area contributed by atoms with Crippen LogP contribution in [0.1, 0.15) is 22.3 Å². The first kappa shape index (κ1) is 12.1. The smallest absolute Gasteiger partial charge is 0.138 e. The molecule has 0 aromatic carbocycles. The van der Waals surface area contributed by atoms with Crippen molar-refractivity contribution < 1.29 is 0 Å². The fourth-order valence-corrected chi connectivity index (χ4v) is 2.45. The fourth-order valence-electron chi connectivity index (χ4n) is 2.45. The van der Waals surface area contributed by atoms with E-state index in [0.717, 1.165) is 33.6 Å². The predicted octanol–water partition coefficient (Wildman–Crippen LogP) is 2.92. The lowest BCUT2D eigenvalue weighted by Gasteiger charge is -2.02. The Morgan fingerprint density at radius 1 is 0.900 bits per heavy atom. The third-order valence-electron chi connectivity index (χ3n) is 3.29. The summed E-state index contributed by atoms with van der Waals surface area (Å²) in [5, 5.41) is 18.4. The molecule has 0 fully saturated rings. The number of aromatic nitrogens is 2. The van der Waals surface area contributed by atoms with Crippen LogP contribution >= 0.6 is 0 Å². The van der Waals surface area contributed by atoms with Gasteiger partial charge in [-0.25, -0.2) is 0 Å². The van der Waals surface area contributed by atoms with Crippen molar-refractivity contribution in [2.75, 3.05) is 0 Å². The molecule has 0 aliphatic heterocycles. The second kappa shape index (κ2) is 4.29. The van der Waals surface area contributed by atoms with E-state index in [4.69, 9.17) is 0 Å². The molecule has 0 saturated heterocycles. The number of aryl methyl sites for hydroxylation is 2. The number of hydrogen-bond acceptors (Lipinski definition) is 4. The first-order chi connectivity index (χ1) is 9.65. The average molecular weight is 258 g/mol. The Hall–Kier alpha value is -2.98. The Labute approximate surface area is 116 Å². The zero-order valence-corrected chi connectivity index (χ0v) is 11.1. The molecule has 0 saturated carbocycles. The third kappa shape index (κ3) is 1.60. The van der Waals surface area contributed by atoms with Crippen LogP contribution in [0.25, 0.3) is 17.0 Å². The Morgan fingerprint density at radius 2 is 1.35 bits per heavy atom. The highest BCUT2D eigenvalue weighted by atomic mass is 14.8. The van der Waals surface area contributed by atoms with Crippen molar-refractivity contribution in [3.63, 3.8) is 0 Å². The quantitative estimate of drug-likeness (QED) is 0.581. The zero-order chi connectivity index (χ0) is 14.3. The van der Waals surface area contributed by atoms with Gasteiger partial charge in [-0.1, -0.05) is 0 Å². The van der Waals surface area contributed by atoms with Gasteiger partial charge in [0.2, 0.25) is 0 Å². The molecular weight excluding hydrogens is 248 g/mol. The summed E-state index contributed by atoms with van der Waals surface area (Å²) in [6, 6.07) is 7.85. The molecule has 0 bridgehead atoms. The molecule has 0 amide bonds. The molecule has 2 aromatic rings. The molecule has 0 radical (unpaired) electrons. The molecule has 0 atom stereocenters. The topological polar surface area (TPSA) is 73.4 Å². The molecule has 4 nitrogen and oxygen atoms in total. The summed E-state index contributed by atoms with van der Waals surface area (Å²) in [7, 11) is 0. The fraction of sp³-hybridized carbons (Fsp3) is 0.125. The van der Waals surface area contributed by atoms with Crippen LogP contribution < -0.4 is 0 Å². The molecule has 1 aliphatic rings. The van der Waals surface area contributed by atoms with E-state index >= 15 is 0 Å². The lowest BCUT2D eigenvalue weighted by atomic mass is 9.99. The number of nitrogens with zero attached hydrogens (tertiary/aromatic N) is 4. The van der Waals surface area contributed by atoms with Crippen LogP contribution in [0.2, 0.25) is 0 Å². The Morgan fingerprint density at radius 3 is 1.75 bits per heavy atom. The molecular formula is C16H10N4. The third-order valence-corrected chi connectivity index (χ3v) is 3.29. The number of allylic oxidation sites excluding steroid dienone is 1. The van der Waals surface area contributed by atoms with E-state index in [2.05, 4.69) is 9.97 Å². The van der Waals surface area contributed by atoms with Crippen molar-refractivity contribution in [2.45, 2.75) is 13.8 Å². The molecule has 0 unspecified atom stereocenters. The van der Waals surface area contributed by atoms with Crippen molar-refractivity contribution in [3.05, 3.63) is 52.4 Å². The molecule has 2 heterocycles. The normalized spacial score (nSPS) is 11.3. The van der Waals surface area contributed by atoms with Gasteiger partial charge in [0.05, 0.1) is 11.4 Å². The van der Waals surface area contributed by atoms with Gasteiger partial charge in [-0.15, -0.1) is 0 Å². The number of nitriles is 2. The molecule has 94 valence electrons. The Bertz CT molecular complexity index is 778. The highest BCUT2D eigenvalue weighted by molar-refractivity contribution is 6.01. The summed E-state index contributed by atoms with van der Waals surface area (Å²) in [5.41, 5.74) is 5.83. The monoisotopic (exact) mass is 258 g/mol. The van der Waals surface area contributed by atoms with Crippen LogP contribution in [-0.2, 0) is 0 Å². The lowest BCUT2D eigenvalue weighted by Crippen LogP contribution is -1.89. The minimum absolute atomic E-state index is 0.102. The van der Waals surface area contributed by atoms with Gasteiger partial charge in [0.25, 0.3) is 0 Å². The summed E-state index contributed by atoms with van der Waals surface area (Å²) >= 11 is 0. The number of fused-ring (bicyclic) bond motifs is 3. The van der Waals surface area contributed by atoms with Crippen LogP contribution in [0.15, 0.2) is 30.1 Å².